The van der Waals surface area contributed by atoms with Crippen LogP contribution in [0.1, 0.15) is 16.2 Å². The number of hydrogen-bond donors (Lipinski definition) is 1. The Kier molecular flexibility index (Phi) is 3.66. The van der Waals surface area contributed by atoms with Gasteiger partial charge in [0.15, 0.2) is 0 Å². The van der Waals surface area contributed by atoms with Gasteiger partial charge in [-0.1, -0.05) is 18.2 Å². The van der Waals surface area contributed by atoms with Crippen molar-refractivity contribution in [2.45, 2.75) is 6.92 Å². The van der Waals surface area contributed by atoms with Crippen LogP contribution in [0.3, 0.4) is 0 Å². The highest BCUT2D eigenvalue weighted by molar-refractivity contribution is 9.10. The monoisotopic (exact) mass is 341 g/mol. The van der Waals surface area contributed by atoms with Gasteiger partial charge >= 0.3 is 0 Å². The highest BCUT2D eigenvalue weighted by atomic mass is 79.9. The molecule has 0 atom stereocenters. The molecule has 2 heterocycles. The number of nitrogens with zero attached hydrogens (tertiary/aromatic N) is 2. The van der Waals surface area contributed by atoms with Crippen LogP contribution in [0.25, 0.3) is 10.9 Å². The lowest BCUT2D eigenvalue weighted by Gasteiger charge is -2.08. The van der Waals surface area contributed by atoms with E-state index in [1.165, 1.54) is 0 Å². The van der Waals surface area contributed by atoms with E-state index < -0.39 is 0 Å². The Hall–Kier alpha value is -2.27. The summed E-state index contributed by atoms with van der Waals surface area (Å²) >= 11 is 3.30. The van der Waals surface area contributed by atoms with E-state index in [9.17, 15) is 4.79 Å². The molecule has 3 rings (SSSR count). The summed E-state index contributed by atoms with van der Waals surface area (Å²) in [7, 11) is 0. The molecule has 104 valence electrons. The van der Waals surface area contributed by atoms with E-state index in [1.54, 1.807) is 18.3 Å². The Morgan fingerprint density at radius 1 is 1.14 bits per heavy atom. The van der Waals surface area contributed by atoms with E-state index in [-0.39, 0.29) is 5.91 Å². The van der Waals surface area contributed by atoms with Crippen LogP contribution in [0.5, 0.6) is 0 Å². The quantitative estimate of drug-likeness (QED) is 0.767. The Morgan fingerprint density at radius 3 is 2.76 bits per heavy atom. The average Bonchev–Trinajstić information content (AvgIpc) is 2.48. The van der Waals surface area contributed by atoms with Gasteiger partial charge in [0.1, 0.15) is 5.69 Å². The molecule has 3 aromatic rings. The molecule has 0 saturated heterocycles. The maximum Gasteiger partial charge on any atom is 0.274 e. The third-order valence-electron chi connectivity index (χ3n) is 3.07. The molecule has 5 heteroatoms. The number of benzene rings is 1. The number of hydrogen-bond acceptors (Lipinski definition) is 3. The first-order chi connectivity index (χ1) is 10.1. The maximum atomic E-state index is 12.2. The zero-order valence-corrected chi connectivity index (χ0v) is 12.9. The van der Waals surface area contributed by atoms with Crippen molar-refractivity contribution in [3.05, 3.63) is 64.5 Å². The fraction of sp³-hybridized carbons (Fsp3) is 0.0625. The topological polar surface area (TPSA) is 54.9 Å². The van der Waals surface area contributed by atoms with Gasteiger partial charge in [-0.25, -0.2) is 4.98 Å². The summed E-state index contributed by atoms with van der Waals surface area (Å²) in [6, 6.07) is 13.1. The minimum absolute atomic E-state index is 0.252. The molecule has 0 aliphatic heterocycles. The molecule has 1 N–H and O–H groups in total. The molecule has 4 nitrogen and oxygen atoms in total. The molecule has 21 heavy (non-hydrogen) atoms. The second-order valence-electron chi connectivity index (χ2n) is 4.65. The first-order valence-corrected chi connectivity index (χ1v) is 7.22. The molecular formula is C16H12BrN3O. The average molecular weight is 342 g/mol. The van der Waals surface area contributed by atoms with Crippen LogP contribution in [0, 0.1) is 6.92 Å². The third-order valence-corrected chi connectivity index (χ3v) is 3.54. The Labute approximate surface area is 130 Å². The standard InChI is InChI=1S/C16H12BrN3O/c1-10-5-6-11-3-2-4-13(15(11)19-10)20-16(21)14-8-7-12(17)9-18-14/h2-9H,1H3,(H,20,21). The minimum Gasteiger partial charge on any atom is -0.319 e. The number of rotatable bonds is 2. The van der Waals surface area contributed by atoms with Gasteiger partial charge in [0.05, 0.1) is 11.2 Å². The molecule has 1 amide bonds. The molecule has 2 aromatic heterocycles. The molecule has 0 fully saturated rings. The maximum absolute atomic E-state index is 12.2. The number of carbonyl (C=O) groups is 1. The fourth-order valence-electron chi connectivity index (χ4n) is 2.04. The van der Waals surface area contributed by atoms with Gasteiger partial charge in [-0.2, -0.15) is 0 Å². The van der Waals surface area contributed by atoms with Crippen molar-refractivity contribution in [1.82, 2.24) is 9.97 Å². The van der Waals surface area contributed by atoms with E-state index in [1.807, 2.05) is 37.3 Å². The molecule has 0 spiro atoms. The number of pyridine rings is 2. The Balaban J connectivity index is 1.96. The van der Waals surface area contributed by atoms with Crippen LogP contribution in [0.2, 0.25) is 0 Å². The summed E-state index contributed by atoms with van der Waals surface area (Å²) in [5, 5.41) is 3.86. The molecule has 1 aromatic carbocycles. The number of carbonyl (C=O) groups excluding carboxylic acids is 1. The molecule has 0 bridgehead atoms. The second kappa shape index (κ2) is 5.61. The second-order valence-corrected chi connectivity index (χ2v) is 5.56. The molecule has 0 aliphatic rings. The third kappa shape index (κ3) is 2.92. The molecule has 0 aliphatic carbocycles. The lowest BCUT2D eigenvalue weighted by atomic mass is 10.1. The van der Waals surface area contributed by atoms with E-state index in [4.69, 9.17) is 0 Å². The normalized spacial score (nSPS) is 10.6. The van der Waals surface area contributed by atoms with E-state index in [2.05, 4.69) is 31.2 Å². The van der Waals surface area contributed by atoms with Gasteiger partial charge in [0.2, 0.25) is 0 Å². The smallest absolute Gasteiger partial charge is 0.274 e. The summed E-state index contributed by atoms with van der Waals surface area (Å²) in [6.45, 7) is 1.92. The van der Waals surface area contributed by atoms with E-state index in [0.29, 0.717) is 11.4 Å². The summed E-state index contributed by atoms with van der Waals surface area (Å²) in [6.07, 6.45) is 1.60. The molecular weight excluding hydrogens is 330 g/mol. The number of para-hydroxylation sites is 1. The van der Waals surface area contributed by atoms with Crippen LogP contribution < -0.4 is 5.32 Å². The Morgan fingerprint density at radius 2 is 2.00 bits per heavy atom. The van der Waals surface area contributed by atoms with E-state index in [0.717, 1.165) is 21.1 Å². The zero-order valence-electron chi connectivity index (χ0n) is 11.3. The number of nitrogens with one attached hydrogen (secondary N) is 1. The number of amides is 1. The summed E-state index contributed by atoms with van der Waals surface area (Å²) < 4.78 is 0.835. The van der Waals surface area contributed by atoms with Gasteiger partial charge in [0.25, 0.3) is 5.91 Å². The highest BCUT2D eigenvalue weighted by Gasteiger charge is 2.10. The van der Waals surface area contributed by atoms with Crippen molar-refractivity contribution in [3.8, 4) is 0 Å². The number of aromatic nitrogens is 2. The first-order valence-electron chi connectivity index (χ1n) is 6.43. The fourth-order valence-corrected chi connectivity index (χ4v) is 2.28. The molecule has 0 saturated carbocycles. The summed E-state index contributed by atoms with van der Waals surface area (Å²) in [5.41, 5.74) is 2.74. The van der Waals surface area contributed by atoms with Crippen molar-refractivity contribution >= 4 is 38.4 Å². The highest BCUT2D eigenvalue weighted by Crippen LogP contribution is 2.22. The minimum atomic E-state index is -0.252. The lowest BCUT2D eigenvalue weighted by Crippen LogP contribution is -2.14. The predicted molar refractivity (Wildman–Crippen MR) is 86.4 cm³/mol. The van der Waals surface area contributed by atoms with Crippen molar-refractivity contribution < 1.29 is 4.79 Å². The number of anilines is 1. The van der Waals surface area contributed by atoms with Crippen LogP contribution in [0.4, 0.5) is 5.69 Å². The van der Waals surface area contributed by atoms with Crippen molar-refractivity contribution in [1.29, 1.82) is 0 Å². The van der Waals surface area contributed by atoms with Crippen LogP contribution in [0.15, 0.2) is 53.1 Å². The summed E-state index contributed by atoms with van der Waals surface area (Å²) in [4.78, 5) is 20.8. The molecule has 0 radical (unpaired) electrons. The van der Waals surface area contributed by atoms with Crippen LogP contribution in [-0.2, 0) is 0 Å². The van der Waals surface area contributed by atoms with E-state index >= 15 is 0 Å². The van der Waals surface area contributed by atoms with Crippen molar-refractivity contribution in [2.75, 3.05) is 5.32 Å². The van der Waals surface area contributed by atoms with Gasteiger partial charge in [0, 0.05) is 21.7 Å². The van der Waals surface area contributed by atoms with Gasteiger partial charge in [-0.15, -0.1) is 0 Å². The van der Waals surface area contributed by atoms with Crippen LogP contribution in [-0.4, -0.2) is 15.9 Å². The van der Waals surface area contributed by atoms with Gasteiger partial charge < -0.3 is 5.32 Å². The van der Waals surface area contributed by atoms with Gasteiger partial charge in [-0.05, 0) is 47.1 Å². The first kappa shape index (κ1) is 13.7. The summed E-state index contributed by atoms with van der Waals surface area (Å²) in [5.74, 6) is -0.252. The lowest BCUT2D eigenvalue weighted by molar-refractivity contribution is 0.102. The molecule has 0 unspecified atom stereocenters. The van der Waals surface area contributed by atoms with Crippen molar-refractivity contribution in [3.63, 3.8) is 0 Å². The number of halogens is 1. The number of fused-ring (bicyclic) bond motifs is 1. The SMILES string of the molecule is Cc1ccc2cccc(NC(=O)c3ccc(Br)cn3)c2n1. The number of aryl methyl sites for hydroxylation is 1. The van der Waals surface area contributed by atoms with Crippen LogP contribution >= 0.6 is 15.9 Å². The predicted octanol–water partition coefficient (Wildman–Crippen LogP) is 3.95. The van der Waals surface area contributed by atoms with Gasteiger partial charge in [-0.3, -0.25) is 9.78 Å². The Bertz CT molecular complexity index is 815. The van der Waals surface area contributed by atoms with Crippen molar-refractivity contribution in [2.24, 2.45) is 0 Å². The zero-order chi connectivity index (χ0) is 14.8. The largest absolute Gasteiger partial charge is 0.319 e.